The molecular weight excluding hydrogens is 436 g/mol. The number of carbonyl (C=O) groups excluding carboxylic acids is 4. The van der Waals surface area contributed by atoms with Crippen molar-refractivity contribution in [2.75, 3.05) is 30.0 Å². The molecule has 3 rings (SSSR count). The maximum atomic E-state index is 12.5. The molecule has 2 amide bonds. The van der Waals surface area contributed by atoms with E-state index in [1.807, 2.05) is 39.0 Å². The zero-order valence-corrected chi connectivity index (χ0v) is 19.8. The number of hydrogen-bond acceptors (Lipinski definition) is 6. The molecule has 1 atom stereocenters. The van der Waals surface area contributed by atoms with Crippen molar-refractivity contribution < 1.29 is 28.7 Å². The Morgan fingerprint density at radius 2 is 1.71 bits per heavy atom. The first-order valence-corrected chi connectivity index (χ1v) is 11.4. The number of unbranched alkanes of at least 4 members (excludes halogenated alkanes) is 1. The lowest BCUT2D eigenvalue weighted by molar-refractivity contribution is -0.151. The largest absolute Gasteiger partial charge is 0.462 e. The highest BCUT2D eigenvalue weighted by molar-refractivity contribution is 6.01. The molecule has 1 aliphatic heterocycles. The molecule has 1 fully saturated rings. The summed E-state index contributed by atoms with van der Waals surface area (Å²) in [6.07, 6.45) is 1.78. The minimum absolute atomic E-state index is 0.0457. The Morgan fingerprint density at radius 3 is 2.35 bits per heavy atom. The fourth-order valence-electron chi connectivity index (χ4n) is 3.85. The Hall–Kier alpha value is -3.68. The number of hydrogen-bond donors (Lipinski definition) is 1. The van der Waals surface area contributed by atoms with E-state index in [2.05, 4.69) is 5.32 Å². The SMILES string of the molecule is CCCCOC(=O)c1ccc(NC(=O)COC(=O)[C@@H]2CC(=O)N(c3c(C)cccc3C)C2)cc1. The summed E-state index contributed by atoms with van der Waals surface area (Å²) in [5.74, 6) is -2.28. The van der Waals surface area contributed by atoms with Crippen LogP contribution in [0, 0.1) is 19.8 Å². The van der Waals surface area contributed by atoms with E-state index in [4.69, 9.17) is 9.47 Å². The molecule has 2 aromatic carbocycles. The van der Waals surface area contributed by atoms with E-state index in [-0.39, 0.29) is 18.9 Å². The number of nitrogens with zero attached hydrogens (tertiary/aromatic N) is 1. The number of anilines is 2. The van der Waals surface area contributed by atoms with Crippen LogP contribution < -0.4 is 10.2 Å². The predicted molar refractivity (Wildman–Crippen MR) is 128 cm³/mol. The Bertz CT molecular complexity index is 1040. The van der Waals surface area contributed by atoms with Crippen molar-refractivity contribution in [3.05, 3.63) is 59.2 Å². The molecule has 0 spiro atoms. The molecule has 0 unspecified atom stereocenters. The van der Waals surface area contributed by atoms with Gasteiger partial charge in [0.15, 0.2) is 6.61 Å². The molecule has 0 aromatic heterocycles. The minimum Gasteiger partial charge on any atom is -0.462 e. The van der Waals surface area contributed by atoms with Gasteiger partial charge < -0.3 is 19.7 Å². The molecule has 0 bridgehead atoms. The second-order valence-corrected chi connectivity index (χ2v) is 8.37. The van der Waals surface area contributed by atoms with E-state index >= 15 is 0 Å². The number of carbonyl (C=O) groups is 4. The maximum absolute atomic E-state index is 12.5. The molecule has 1 saturated heterocycles. The fourth-order valence-corrected chi connectivity index (χ4v) is 3.85. The third-order valence-corrected chi connectivity index (χ3v) is 5.65. The molecule has 0 aliphatic carbocycles. The Balaban J connectivity index is 1.48. The first-order chi connectivity index (χ1) is 16.3. The molecule has 2 aromatic rings. The zero-order chi connectivity index (χ0) is 24.7. The molecule has 1 N–H and O–H groups in total. The van der Waals surface area contributed by atoms with Gasteiger partial charge in [0.25, 0.3) is 5.91 Å². The van der Waals surface area contributed by atoms with Gasteiger partial charge in [-0.15, -0.1) is 0 Å². The summed E-state index contributed by atoms with van der Waals surface area (Å²) in [6, 6.07) is 12.0. The van der Waals surface area contributed by atoms with Crippen LogP contribution in [0.1, 0.15) is 47.7 Å². The molecule has 0 radical (unpaired) electrons. The number of nitrogens with one attached hydrogen (secondary N) is 1. The van der Waals surface area contributed by atoms with E-state index in [0.29, 0.717) is 17.9 Å². The number of aryl methyl sites for hydroxylation is 2. The molecule has 34 heavy (non-hydrogen) atoms. The second-order valence-electron chi connectivity index (χ2n) is 8.37. The second kappa shape index (κ2) is 11.4. The van der Waals surface area contributed by atoms with E-state index in [0.717, 1.165) is 29.7 Å². The van der Waals surface area contributed by atoms with Crippen LogP contribution in [-0.4, -0.2) is 43.5 Å². The van der Waals surface area contributed by atoms with Gasteiger partial charge in [0, 0.05) is 24.3 Å². The molecule has 8 heteroatoms. The lowest BCUT2D eigenvalue weighted by atomic mass is 10.1. The third kappa shape index (κ3) is 6.21. The van der Waals surface area contributed by atoms with Crippen molar-refractivity contribution in [1.29, 1.82) is 0 Å². The lowest BCUT2D eigenvalue weighted by Gasteiger charge is -2.21. The van der Waals surface area contributed by atoms with Crippen LogP contribution in [-0.2, 0) is 23.9 Å². The zero-order valence-electron chi connectivity index (χ0n) is 19.8. The standard InChI is InChI=1S/C26H30N2O6/c1-4-5-13-33-25(31)19-9-11-21(12-10-19)27-22(29)16-34-26(32)20-14-23(30)28(15-20)24-17(2)7-6-8-18(24)3/h6-12,20H,4-5,13-16H2,1-3H3,(H,27,29)/t20-/m1/s1. The number of rotatable bonds is 9. The monoisotopic (exact) mass is 466 g/mol. The molecular formula is C26H30N2O6. The van der Waals surface area contributed by atoms with Gasteiger partial charge in [0.05, 0.1) is 18.1 Å². The summed E-state index contributed by atoms with van der Waals surface area (Å²) < 4.78 is 10.3. The van der Waals surface area contributed by atoms with Gasteiger partial charge in [-0.3, -0.25) is 14.4 Å². The fraction of sp³-hybridized carbons (Fsp3) is 0.385. The number of amides is 2. The van der Waals surface area contributed by atoms with Crippen molar-refractivity contribution in [2.45, 2.75) is 40.0 Å². The van der Waals surface area contributed by atoms with Gasteiger partial charge in [-0.25, -0.2) is 4.79 Å². The van der Waals surface area contributed by atoms with E-state index in [1.54, 1.807) is 29.2 Å². The van der Waals surface area contributed by atoms with Gasteiger partial charge in [-0.1, -0.05) is 31.5 Å². The van der Waals surface area contributed by atoms with Gasteiger partial charge in [0.2, 0.25) is 5.91 Å². The van der Waals surface area contributed by atoms with Crippen molar-refractivity contribution >= 4 is 35.1 Å². The number of esters is 2. The van der Waals surface area contributed by atoms with Crippen LogP contribution in [0.5, 0.6) is 0 Å². The normalized spacial score (nSPS) is 15.2. The van der Waals surface area contributed by atoms with E-state index < -0.39 is 30.4 Å². The Labute approximate surface area is 199 Å². The molecule has 1 aliphatic rings. The summed E-state index contributed by atoms with van der Waals surface area (Å²) in [5.41, 5.74) is 3.59. The van der Waals surface area contributed by atoms with Crippen LogP contribution >= 0.6 is 0 Å². The Kier molecular flexibility index (Phi) is 8.40. The topological polar surface area (TPSA) is 102 Å². The summed E-state index contributed by atoms with van der Waals surface area (Å²) in [6.45, 7) is 5.99. The lowest BCUT2D eigenvalue weighted by Crippen LogP contribution is -2.29. The minimum atomic E-state index is -0.627. The van der Waals surface area contributed by atoms with E-state index in [9.17, 15) is 19.2 Å². The first-order valence-electron chi connectivity index (χ1n) is 11.4. The van der Waals surface area contributed by atoms with Crippen molar-refractivity contribution in [2.24, 2.45) is 5.92 Å². The van der Waals surface area contributed by atoms with Crippen LogP contribution in [0.25, 0.3) is 0 Å². The van der Waals surface area contributed by atoms with Crippen molar-refractivity contribution in [3.8, 4) is 0 Å². The highest BCUT2D eigenvalue weighted by Gasteiger charge is 2.37. The molecule has 0 saturated carbocycles. The van der Waals surface area contributed by atoms with Gasteiger partial charge in [0.1, 0.15) is 0 Å². The third-order valence-electron chi connectivity index (χ3n) is 5.65. The van der Waals surface area contributed by atoms with Gasteiger partial charge in [-0.2, -0.15) is 0 Å². The quantitative estimate of drug-likeness (QED) is 0.446. The predicted octanol–water partition coefficient (Wildman–Crippen LogP) is 3.80. The van der Waals surface area contributed by atoms with E-state index in [1.165, 1.54) is 0 Å². The van der Waals surface area contributed by atoms with Crippen LogP contribution in [0.3, 0.4) is 0 Å². The maximum Gasteiger partial charge on any atom is 0.338 e. The number of ether oxygens (including phenoxy) is 2. The smallest absolute Gasteiger partial charge is 0.338 e. The van der Waals surface area contributed by atoms with Crippen LogP contribution in [0.4, 0.5) is 11.4 Å². The average molecular weight is 467 g/mol. The summed E-state index contributed by atoms with van der Waals surface area (Å²) in [5, 5.41) is 2.62. The highest BCUT2D eigenvalue weighted by atomic mass is 16.5. The van der Waals surface area contributed by atoms with Crippen molar-refractivity contribution in [3.63, 3.8) is 0 Å². The highest BCUT2D eigenvalue weighted by Crippen LogP contribution is 2.31. The van der Waals surface area contributed by atoms with Crippen LogP contribution in [0.2, 0.25) is 0 Å². The summed E-state index contributed by atoms with van der Waals surface area (Å²) in [7, 11) is 0. The van der Waals surface area contributed by atoms with Crippen molar-refractivity contribution in [1.82, 2.24) is 0 Å². The van der Waals surface area contributed by atoms with Crippen LogP contribution in [0.15, 0.2) is 42.5 Å². The molecule has 8 nitrogen and oxygen atoms in total. The summed E-state index contributed by atoms with van der Waals surface area (Å²) in [4.78, 5) is 50.8. The summed E-state index contributed by atoms with van der Waals surface area (Å²) >= 11 is 0. The molecule has 1 heterocycles. The van der Waals surface area contributed by atoms with Gasteiger partial charge >= 0.3 is 11.9 Å². The first kappa shape index (κ1) is 25.0. The average Bonchev–Trinajstić information content (AvgIpc) is 3.19. The Morgan fingerprint density at radius 1 is 1.03 bits per heavy atom. The molecule has 180 valence electrons. The number of benzene rings is 2. The van der Waals surface area contributed by atoms with Gasteiger partial charge in [-0.05, 0) is 55.7 Å². The number of para-hydroxylation sites is 1.